The summed E-state index contributed by atoms with van der Waals surface area (Å²) in [4.78, 5) is 24.0. The fraction of sp³-hybridized carbons (Fsp3) is 0.263. The van der Waals surface area contributed by atoms with Crippen molar-refractivity contribution in [1.82, 2.24) is 0 Å². The summed E-state index contributed by atoms with van der Waals surface area (Å²) in [6.07, 6.45) is 0. The molecule has 0 aliphatic heterocycles. The van der Waals surface area contributed by atoms with E-state index in [1.54, 1.807) is 36.4 Å². The number of carbonyl (C=O) groups is 2. The Balaban J connectivity index is 1.91. The van der Waals surface area contributed by atoms with E-state index < -0.39 is 5.41 Å². The van der Waals surface area contributed by atoms with Gasteiger partial charge >= 0.3 is 0 Å². The van der Waals surface area contributed by atoms with Gasteiger partial charge in [0, 0.05) is 16.8 Å². The van der Waals surface area contributed by atoms with Crippen LogP contribution in [0.5, 0.6) is 5.75 Å². The Hall–Kier alpha value is -2.82. The molecular formula is C19H22N2O3. The van der Waals surface area contributed by atoms with Gasteiger partial charge in [-0.05, 0) is 30.3 Å². The zero-order chi connectivity index (χ0) is 17.6. The monoisotopic (exact) mass is 326 g/mol. The van der Waals surface area contributed by atoms with E-state index in [0.717, 1.165) is 0 Å². The van der Waals surface area contributed by atoms with Crippen LogP contribution in [0.4, 0.5) is 11.4 Å². The van der Waals surface area contributed by atoms with Crippen LogP contribution in [0.3, 0.4) is 0 Å². The van der Waals surface area contributed by atoms with E-state index in [4.69, 9.17) is 4.74 Å². The van der Waals surface area contributed by atoms with Crippen LogP contribution < -0.4 is 15.4 Å². The van der Waals surface area contributed by atoms with Crippen LogP contribution in [0.2, 0.25) is 0 Å². The van der Waals surface area contributed by atoms with E-state index in [2.05, 4.69) is 10.6 Å². The number of hydrogen-bond acceptors (Lipinski definition) is 3. The number of amides is 2. The third-order valence-electron chi connectivity index (χ3n) is 3.20. The van der Waals surface area contributed by atoms with Crippen molar-refractivity contribution in [2.45, 2.75) is 20.8 Å². The molecule has 2 N–H and O–H groups in total. The van der Waals surface area contributed by atoms with Crippen molar-refractivity contribution in [1.29, 1.82) is 0 Å². The third kappa shape index (κ3) is 5.43. The van der Waals surface area contributed by atoms with Crippen molar-refractivity contribution in [2.24, 2.45) is 5.41 Å². The highest BCUT2D eigenvalue weighted by Crippen LogP contribution is 2.20. The van der Waals surface area contributed by atoms with Crippen molar-refractivity contribution in [2.75, 3.05) is 17.2 Å². The van der Waals surface area contributed by atoms with Crippen LogP contribution in [-0.2, 0) is 9.59 Å². The number of anilines is 2. The first kappa shape index (κ1) is 17.5. The fourth-order valence-electron chi connectivity index (χ4n) is 1.86. The van der Waals surface area contributed by atoms with E-state index >= 15 is 0 Å². The van der Waals surface area contributed by atoms with Crippen LogP contribution in [0.25, 0.3) is 0 Å². The minimum atomic E-state index is -0.483. The lowest BCUT2D eigenvalue weighted by Gasteiger charge is -2.18. The lowest BCUT2D eigenvalue weighted by Crippen LogP contribution is -2.27. The molecule has 0 bridgehead atoms. The Kier molecular flexibility index (Phi) is 5.58. The number of rotatable bonds is 5. The molecule has 0 aliphatic rings. The van der Waals surface area contributed by atoms with E-state index in [9.17, 15) is 9.59 Å². The van der Waals surface area contributed by atoms with Gasteiger partial charge in [-0.1, -0.05) is 45.0 Å². The van der Waals surface area contributed by atoms with Gasteiger partial charge in [0.15, 0.2) is 6.61 Å². The van der Waals surface area contributed by atoms with E-state index in [1.807, 2.05) is 39.0 Å². The molecule has 0 saturated heterocycles. The summed E-state index contributed by atoms with van der Waals surface area (Å²) in [7, 11) is 0. The van der Waals surface area contributed by atoms with Crippen molar-refractivity contribution < 1.29 is 14.3 Å². The van der Waals surface area contributed by atoms with Gasteiger partial charge in [0.25, 0.3) is 5.91 Å². The number of para-hydroxylation sites is 1. The molecule has 0 saturated carbocycles. The summed E-state index contributed by atoms with van der Waals surface area (Å²) in [5.74, 6) is 0.287. The molecule has 2 aromatic rings. The molecule has 0 aliphatic carbocycles. The lowest BCUT2D eigenvalue weighted by molar-refractivity contribution is -0.123. The molecule has 0 atom stereocenters. The summed E-state index contributed by atoms with van der Waals surface area (Å²) in [6, 6.07) is 16.2. The van der Waals surface area contributed by atoms with Gasteiger partial charge in [-0.2, -0.15) is 0 Å². The maximum absolute atomic E-state index is 12.0. The molecule has 5 heteroatoms. The Morgan fingerprint density at radius 1 is 0.917 bits per heavy atom. The summed E-state index contributed by atoms with van der Waals surface area (Å²) >= 11 is 0. The Morgan fingerprint density at radius 2 is 1.54 bits per heavy atom. The lowest BCUT2D eigenvalue weighted by atomic mass is 9.95. The van der Waals surface area contributed by atoms with E-state index in [-0.39, 0.29) is 18.4 Å². The number of carbonyl (C=O) groups excluding carboxylic acids is 2. The Morgan fingerprint density at radius 3 is 2.17 bits per heavy atom. The first-order valence-corrected chi connectivity index (χ1v) is 7.74. The molecule has 0 fully saturated rings. The molecule has 0 radical (unpaired) electrons. The smallest absolute Gasteiger partial charge is 0.262 e. The number of nitrogens with one attached hydrogen (secondary N) is 2. The molecule has 0 heterocycles. The minimum absolute atomic E-state index is 0.0808. The molecule has 24 heavy (non-hydrogen) atoms. The Labute approximate surface area is 142 Å². The van der Waals surface area contributed by atoms with Crippen molar-refractivity contribution in [3.63, 3.8) is 0 Å². The summed E-state index contributed by atoms with van der Waals surface area (Å²) in [5.41, 5.74) is 0.753. The quantitative estimate of drug-likeness (QED) is 0.880. The number of ether oxygens (including phenoxy) is 1. The molecule has 0 spiro atoms. The highest BCUT2D eigenvalue weighted by molar-refractivity contribution is 5.96. The Bertz CT molecular complexity index is 706. The van der Waals surface area contributed by atoms with Crippen molar-refractivity contribution >= 4 is 23.2 Å². The summed E-state index contributed by atoms with van der Waals surface area (Å²) < 4.78 is 5.40. The molecule has 0 aromatic heterocycles. The van der Waals surface area contributed by atoms with Gasteiger partial charge in [-0.15, -0.1) is 0 Å². The second-order valence-electron chi connectivity index (χ2n) is 6.43. The molecule has 5 nitrogen and oxygen atoms in total. The number of benzene rings is 2. The predicted molar refractivity (Wildman–Crippen MR) is 95.1 cm³/mol. The van der Waals surface area contributed by atoms with Crippen LogP contribution >= 0.6 is 0 Å². The molecular weight excluding hydrogens is 304 g/mol. The van der Waals surface area contributed by atoms with Crippen LogP contribution in [0, 0.1) is 5.41 Å². The number of hydrogen-bond donors (Lipinski definition) is 2. The van der Waals surface area contributed by atoms with Gasteiger partial charge in [0.1, 0.15) is 5.75 Å². The zero-order valence-electron chi connectivity index (χ0n) is 14.1. The molecule has 0 unspecified atom stereocenters. The maximum atomic E-state index is 12.0. The van der Waals surface area contributed by atoms with Crippen molar-refractivity contribution in [3.8, 4) is 5.75 Å². The molecule has 126 valence electrons. The van der Waals surface area contributed by atoms with Gasteiger partial charge < -0.3 is 15.4 Å². The molecule has 2 rings (SSSR count). The second kappa shape index (κ2) is 7.64. The topological polar surface area (TPSA) is 67.4 Å². The SMILES string of the molecule is CC(C)(C)C(=O)Nc1cccc(NC(=O)COc2ccccc2)c1. The maximum Gasteiger partial charge on any atom is 0.262 e. The highest BCUT2D eigenvalue weighted by atomic mass is 16.5. The van der Waals surface area contributed by atoms with E-state index in [1.165, 1.54) is 0 Å². The fourth-order valence-corrected chi connectivity index (χ4v) is 1.86. The van der Waals surface area contributed by atoms with Crippen LogP contribution in [-0.4, -0.2) is 18.4 Å². The van der Waals surface area contributed by atoms with E-state index in [0.29, 0.717) is 17.1 Å². The second-order valence-corrected chi connectivity index (χ2v) is 6.43. The average Bonchev–Trinajstić information content (AvgIpc) is 2.53. The molecule has 2 amide bonds. The molecule has 2 aromatic carbocycles. The normalized spacial score (nSPS) is 10.8. The minimum Gasteiger partial charge on any atom is -0.484 e. The first-order chi connectivity index (χ1) is 11.3. The summed E-state index contributed by atoms with van der Waals surface area (Å²) in [6.45, 7) is 5.45. The van der Waals surface area contributed by atoms with Gasteiger partial charge in [-0.25, -0.2) is 0 Å². The van der Waals surface area contributed by atoms with Gasteiger partial charge in [0.05, 0.1) is 0 Å². The summed E-state index contributed by atoms with van der Waals surface area (Å²) in [5, 5.41) is 5.58. The van der Waals surface area contributed by atoms with Crippen LogP contribution in [0.15, 0.2) is 54.6 Å². The first-order valence-electron chi connectivity index (χ1n) is 7.74. The zero-order valence-corrected chi connectivity index (χ0v) is 14.1. The van der Waals surface area contributed by atoms with Gasteiger partial charge in [0.2, 0.25) is 5.91 Å². The highest BCUT2D eigenvalue weighted by Gasteiger charge is 2.21. The van der Waals surface area contributed by atoms with Crippen molar-refractivity contribution in [3.05, 3.63) is 54.6 Å². The largest absolute Gasteiger partial charge is 0.484 e. The average molecular weight is 326 g/mol. The standard InChI is InChI=1S/C19H22N2O3/c1-19(2,3)18(23)21-15-9-7-8-14(12-15)20-17(22)13-24-16-10-5-4-6-11-16/h4-12H,13H2,1-3H3,(H,20,22)(H,21,23). The predicted octanol–water partition coefficient (Wildman–Crippen LogP) is 3.69. The van der Waals surface area contributed by atoms with Gasteiger partial charge in [-0.3, -0.25) is 9.59 Å². The van der Waals surface area contributed by atoms with Crippen LogP contribution in [0.1, 0.15) is 20.8 Å². The third-order valence-corrected chi connectivity index (χ3v) is 3.20.